The molecule has 1 aliphatic rings. The third-order valence-corrected chi connectivity index (χ3v) is 3.84. The van der Waals surface area contributed by atoms with E-state index in [1.807, 2.05) is 0 Å². The number of halogens is 3. The van der Waals surface area contributed by atoms with Crippen molar-refractivity contribution >= 4 is 12.4 Å². The summed E-state index contributed by atoms with van der Waals surface area (Å²) in [5.74, 6) is -0.0304. The zero-order valence-electron chi connectivity index (χ0n) is 11.8. The smallest absolute Gasteiger partial charge is 0.133 e. The lowest BCUT2D eigenvalue weighted by Crippen LogP contribution is -2.27. The Balaban J connectivity index is 0.00000200. The molecule has 1 heterocycles. The van der Waals surface area contributed by atoms with Crippen molar-refractivity contribution < 1.29 is 13.5 Å². The summed E-state index contributed by atoms with van der Waals surface area (Å²) in [5, 5.41) is 3.33. The number of nitrogens with one attached hydrogen (secondary N) is 1. The Kier molecular flexibility index (Phi) is 7.24. The van der Waals surface area contributed by atoms with Crippen molar-refractivity contribution in [1.82, 2.24) is 5.32 Å². The van der Waals surface area contributed by atoms with Gasteiger partial charge in [0.1, 0.15) is 17.4 Å². The van der Waals surface area contributed by atoms with Gasteiger partial charge < -0.3 is 10.1 Å². The van der Waals surface area contributed by atoms with Crippen LogP contribution in [0.4, 0.5) is 8.78 Å². The average molecular weight is 306 g/mol. The van der Waals surface area contributed by atoms with Crippen LogP contribution in [0.25, 0.3) is 0 Å². The van der Waals surface area contributed by atoms with Crippen molar-refractivity contribution in [2.24, 2.45) is 5.92 Å². The molecule has 1 saturated heterocycles. The molecule has 2 rings (SSSR count). The molecule has 0 spiro atoms. The molecule has 0 bridgehead atoms. The summed E-state index contributed by atoms with van der Waals surface area (Å²) in [6.45, 7) is 2.16. The Hall–Kier alpha value is -0.870. The average Bonchev–Trinajstić information content (AvgIpc) is 2.42. The standard InChI is InChI=1S/C15H21F2NO.ClH/c1-19-15-10-12(16)9-14(17)13(15)4-2-3-11-5-7-18-8-6-11;/h9-11,18H,2-8H2,1H3;1H. The van der Waals surface area contributed by atoms with E-state index in [4.69, 9.17) is 4.74 Å². The molecule has 0 aliphatic carbocycles. The van der Waals surface area contributed by atoms with E-state index in [1.165, 1.54) is 26.0 Å². The molecule has 0 atom stereocenters. The molecule has 20 heavy (non-hydrogen) atoms. The van der Waals surface area contributed by atoms with Crippen molar-refractivity contribution in [2.45, 2.75) is 32.1 Å². The maximum Gasteiger partial charge on any atom is 0.133 e. The molecule has 0 saturated carbocycles. The van der Waals surface area contributed by atoms with E-state index < -0.39 is 11.6 Å². The lowest BCUT2D eigenvalue weighted by molar-refractivity contribution is 0.344. The zero-order chi connectivity index (χ0) is 13.7. The van der Waals surface area contributed by atoms with E-state index in [2.05, 4.69) is 5.32 Å². The van der Waals surface area contributed by atoms with E-state index in [-0.39, 0.29) is 12.4 Å². The van der Waals surface area contributed by atoms with Crippen molar-refractivity contribution in [3.63, 3.8) is 0 Å². The highest BCUT2D eigenvalue weighted by molar-refractivity contribution is 5.85. The maximum atomic E-state index is 13.7. The monoisotopic (exact) mass is 305 g/mol. The second-order valence-electron chi connectivity index (χ2n) is 5.15. The first-order valence-corrected chi connectivity index (χ1v) is 6.93. The fourth-order valence-electron chi connectivity index (χ4n) is 2.74. The number of piperidine rings is 1. The van der Waals surface area contributed by atoms with Crippen LogP contribution in [0.1, 0.15) is 31.2 Å². The summed E-state index contributed by atoms with van der Waals surface area (Å²) in [6, 6.07) is 2.19. The van der Waals surface area contributed by atoms with Gasteiger partial charge in [-0.25, -0.2) is 8.78 Å². The summed E-state index contributed by atoms with van der Waals surface area (Å²) in [7, 11) is 1.45. The van der Waals surface area contributed by atoms with E-state index in [0.29, 0.717) is 17.7 Å². The normalized spacial score (nSPS) is 15.8. The number of ether oxygens (including phenoxy) is 1. The molecule has 2 nitrogen and oxygen atoms in total. The van der Waals surface area contributed by atoms with Crippen LogP contribution >= 0.6 is 12.4 Å². The third kappa shape index (κ3) is 4.60. The van der Waals surface area contributed by atoms with Crippen LogP contribution in [0.3, 0.4) is 0 Å². The lowest BCUT2D eigenvalue weighted by Gasteiger charge is -2.22. The Morgan fingerprint density at radius 3 is 2.60 bits per heavy atom. The highest BCUT2D eigenvalue weighted by Crippen LogP contribution is 2.26. The fourth-order valence-corrected chi connectivity index (χ4v) is 2.74. The van der Waals surface area contributed by atoms with E-state index in [9.17, 15) is 8.78 Å². The topological polar surface area (TPSA) is 21.3 Å². The minimum Gasteiger partial charge on any atom is -0.496 e. The predicted octanol–water partition coefficient (Wildman–Crippen LogP) is 3.72. The molecule has 1 N–H and O–H groups in total. The number of benzene rings is 1. The molecule has 0 aromatic heterocycles. The molecule has 0 radical (unpaired) electrons. The molecule has 1 aliphatic heterocycles. The Morgan fingerprint density at radius 1 is 1.25 bits per heavy atom. The third-order valence-electron chi connectivity index (χ3n) is 3.84. The highest BCUT2D eigenvalue weighted by atomic mass is 35.5. The van der Waals surface area contributed by atoms with Crippen LogP contribution in [0.2, 0.25) is 0 Å². The highest BCUT2D eigenvalue weighted by Gasteiger charge is 2.15. The van der Waals surface area contributed by atoms with Gasteiger partial charge in [0, 0.05) is 17.7 Å². The van der Waals surface area contributed by atoms with Crippen molar-refractivity contribution in [1.29, 1.82) is 0 Å². The van der Waals surface area contributed by atoms with E-state index in [0.717, 1.165) is 37.9 Å². The van der Waals surface area contributed by atoms with E-state index >= 15 is 0 Å². The van der Waals surface area contributed by atoms with Crippen LogP contribution in [0.15, 0.2) is 12.1 Å². The summed E-state index contributed by atoms with van der Waals surface area (Å²) in [6.07, 6.45) is 5.02. The first-order valence-electron chi connectivity index (χ1n) is 6.93. The van der Waals surface area contributed by atoms with Gasteiger partial charge >= 0.3 is 0 Å². The number of hydrogen-bond donors (Lipinski definition) is 1. The first-order chi connectivity index (χ1) is 9.20. The van der Waals surface area contributed by atoms with Gasteiger partial charge in [0.25, 0.3) is 0 Å². The molecule has 0 amide bonds. The summed E-state index contributed by atoms with van der Waals surface area (Å²) in [5.41, 5.74) is 0.498. The quantitative estimate of drug-likeness (QED) is 0.895. The van der Waals surface area contributed by atoms with E-state index in [1.54, 1.807) is 0 Å². The Morgan fingerprint density at radius 2 is 1.95 bits per heavy atom. The van der Waals surface area contributed by atoms with Crippen molar-refractivity contribution in [3.8, 4) is 5.75 Å². The van der Waals surface area contributed by atoms with Gasteiger partial charge in [-0.2, -0.15) is 0 Å². The number of methoxy groups -OCH3 is 1. The Bertz CT molecular complexity index is 423. The van der Waals surface area contributed by atoms with Crippen molar-refractivity contribution in [2.75, 3.05) is 20.2 Å². The van der Waals surface area contributed by atoms with Gasteiger partial charge in [-0.1, -0.05) is 6.42 Å². The molecule has 0 unspecified atom stereocenters. The molecular formula is C15H22ClF2NO. The summed E-state index contributed by atoms with van der Waals surface area (Å²) >= 11 is 0. The van der Waals surface area contributed by atoms with Gasteiger partial charge in [0.15, 0.2) is 0 Å². The second kappa shape index (κ2) is 8.42. The maximum absolute atomic E-state index is 13.7. The van der Waals surface area contributed by atoms with Gasteiger partial charge in [0.05, 0.1) is 7.11 Å². The molecule has 1 aromatic carbocycles. The molecule has 1 aromatic rings. The summed E-state index contributed by atoms with van der Waals surface area (Å²) < 4.78 is 31.9. The zero-order valence-corrected chi connectivity index (χ0v) is 12.6. The first kappa shape index (κ1) is 17.2. The number of rotatable bonds is 5. The van der Waals surface area contributed by atoms with Crippen LogP contribution in [-0.2, 0) is 6.42 Å². The summed E-state index contributed by atoms with van der Waals surface area (Å²) in [4.78, 5) is 0. The van der Waals surface area contributed by atoms with Gasteiger partial charge in [-0.05, 0) is 44.7 Å². The lowest BCUT2D eigenvalue weighted by atomic mass is 9.91. The molecule has 114 valence electrons. The molecule has 5 heteroatoms. The van der Waals surface area contributed by atoms with Gasteiger partial charge in [0.2, 0.25) is 0 Å². The largest absolute Gasteiger partial charge is 0.496 e. The molecule has 1 fully saturated rings. The van der Waals surface area contributed by atoms with Crippen molar-refractivity contribution in [3.05, 3.63) is 29.3 Å². The van der Waals surface area contributed by atoms with Gasteiger partial charge in [-0.15, -0.1) is 12.4 Å². The SMILES string of the molecule is COc1cc(F)cc(F)c1CCCC1CCNCC1.Cl. The fraction of sp³-hybridized carbons (Fsp3) is 0.600. The minimum atomic E-state index is -0.587. The van der Waals surface area contributed by atoms with Crippen LogP contribution in [0.5, 0.6) is 5.75 Å². The molecular weight excluding hydrogens is 284 g/mol. The van der Waals surface area contributed by atoms with Crippen LogP contribution in [0, 0.1) is 17.6 Å². The minimum absolute atomic E-state index is 0. The Labute approximate surface area is 125 Å². The predicted molar refractivity (Wildman–Crippen MR) is 78.7 cm³/mol. The number of hydrogen-bond acceptors (Lipinski definition) is 2. The van der Waals surface area contributed by atoms with Crippen LogP contribution < -0.4 is 10.1 Å². The second-order valence-corrected chi connectivity index (χ2v) is 5.15. The van der Waals surface area contributed by atoms with Gasteiger partial charge in [-0.3, -0.25) is 0 Å². The van der Waals surface area contributed by atoms with Crippen LogP contribution in [-0.4, -0.2) is 20.2 Å².